The number of carbonyl (C=O) groups excluding carboxylic acids is 1. The van der Waals surface area contributed by atoms with E-state index in [1.54, 1.807) is 6.20 Å². The van der Waals surface area contributed by atoms with E-state index in [2.05, 4.69) is 15.3 Å². The number of ether oxygens (including phenoxy) is 1. The van der Waals surface area contributed by atoms with Crippen molar-refractivity contribution < 1.29 is 9.53 Å². The summed E-state index contributed by atoms with van der Waals surface area (Å²) in [6, 6.07) is 17.4. The van der Waals surface area contributed by atoms with Gasteiger partial charge in [0.2, 0.25) is 0 Å². The van der Waals surface area contributed by atoms with Crippen LogP contribution in [0.2, 0.25) is 0 Å². The van der Waals surface area contributed by atoms with E-state index < -0.39 is 0 Å². The number of benzene rings is 2. The molecule has 1 aliphatic heterocycles. The minimum atomic E-state index is -0.111. The van der Waals surface area contributed by atoms with Gasteiger partial charge in [-0.1, -0.05) is 12.1 Å². The van der Waals surface area contributed by atoms with Gasteiger partial charge in [-0.25, -0.2) is 0 Å². The molecule has 6 heteroatoms. The second-order valence-electron chi connectivity index (χ2n) is 6.50. The molecule has 1 fully saturated rings. The van der Waals surface area contributed by atoms with Crippen molar-refractivity contribution >= 4 is 17.3 Å². The molecule has 1 aromatic heterocycles. The second kappa shape index (κ2) is 8.05. The number of anilines is 2. The van der Waals surface area contributed by atoms with Crippen LogP contribution in [-0.4, -0.2) is 42.0 Å². The molecule has 2 aromatic carbocycles. The molecule has 138 valence electrons. The summed E-state index contributed by atoms with van der Waals surface area (Å²) in [5, 5.41) is 7.15. The van der Waals surface area contributed by atoms with Crippen LogP contribution in [-0.2, 0) is 11.3 Å². The lowest BCUT2D eigenvalue weighted by Gasteiger charge is -2.28. The molecule has 0 saturated carbocycles. The third kappa shape index (κ3) is 4.35. The Kier molecular flexibility index (Phi) is 5.16. The van der Waals surface area contributed by atoms with Gasteiger partial charge in [-0.15, -0.1) is 0 Å². The first-order chi connectivity index (χ1) is 13.3. The molecule has 0 radical (unpaired) electrons. The Balaban J connectivity index is 1.36. The highest BCUT2D eigenvalue weighted by atomic mass is 16.5. The molecule has 0 bridgehead atoms. The molecule has 1 amide bonds. The lowest BCUT2D eigenvalue weighted by Crippen LogP contribution is -2.36. The fraction of sp³-hybridized carbons (Fsp3) is 0.238. The molecule has 0 aliphatic carbocycles. The largest absolute Gasteiger partial charge is 0.378 e. The third-order valence-corrected chi connectivity index (χ3v) is 4.62. The predicted molar refractivity (Wildman–Crippen MR) is 105 cm³/mol. The number of aromatic nitrogens is 2. The van der Waals surface area contributed by atoms with Gasteiger partial charge in [-0.2, -0.15) is 5.10 Å². The maximum atomic E-state index is 12.5. The summed E-state index contributed by atoms with van der Waals surface area (Å²) in [6.07, 6.45) is 3.67. The average molecular weight is 362 g/mol. The average Bonchev–Trinajstić information content (AvgIpc) is 3.23. The third-order valence-electron chi connectivity index (χ3n) is 4.62. The van der Waals surface area contributed by atoms with Crippen LogP contribution in [0.25, 0.3) is 0 Å². The Hall–Kier alpha value is -3.12. The first kappa shape index (κ1) is 17.3. The van der Waals surface area contributed by atoms with E-state index in [0.29, 0.717) is 12.1 Å². The zero-order chi connectivity index (χ0) is 18.5. The number of nitrogens with zero attached hydrogens (tertiary/aromatic N) is 3. The first-order valence-corrected chi connectivity index (χ1v) is 9.08. The highest BCUT2D eigenvalue weighted by Crippen LogP contribution is 2.19. The fourth-order valence-corrected chi connectivity index (χ4v) is 3.12. The quantitative estimate of drug-likeness (QED) is 0.758. The first-order valence-electron chi connectivity index (χ1n) is 9.08. The van der Waals surface area contributed by atoms with Gasteiger partial charge in [0, 0.05) is 42.4 Å². The zero-order valence-corrected chi connectivity index (χ0v) is 15.0. The van der Waals surface area contributed by atoms with Crippen molar-refractivity contribution in [2.75, 3.05) is 36.5 Å². The van der Waals surface area contributed by atoms with Crippen molar-refractivity contribution in [2.45, 2.75) is 6.54 Å². The van der Waals surface area contributed by atoms with Crippen LogP contribution >= 0.6 is 0 Å². The van der Waals surface area contributed by atoms with Gasteiger partial charge in [-0.3, -0.25) is 9.48 Å². The van der Waals surface area contributed by atoms with Gasteiger partial charge in [0.05, 0.1) is 19.8 Å². The molecule has 1 aliphatic rings. The molecule has 0 atom stereocenters. The Bertz CT molecular complexity index is 868. The summed E-state index contributed by atoms with van der Waals surface area (Å²) in [5.41, 5.74) is 3.68. The molecule has 1 saturated heterocycles. The highest BCUT2D eigenvalue weighted by Gasteiger charge is 2.11. The normalized spacial score (nSPS) is 14.1. The topological polar surface area (TPSA) is 59.4 Å². The van der Waals surface area contributed by atoms with Crippen LogP contribution in [0.15, 0.2) is 67.0 Å². The number of nitrogens with one attached hydrogen (secondary N) is 1. The minimum absolute atomic E-state index is 0.111. The van der Waals surface area contributed by atoms with E-state index >= 15 is 0 Å². The molecule has 0 unspecified atom stereocenters. The summed E-state index contributed by atoms with van der Waals surface area (Å²) in [7, 11) is 0. The summed E-state index contributed by atoms with van der Waals surface area (Å²) in [5.74, 6) is -0.111. The van der Waals surface area contributed by atoms with Crippen molar-refractivity contribution in [1.82, 2.24) is 9.78 Å². The van der Waals surface area contributed by atoms with E-state index in [4.69, 9.17) is 4.74 Å². The highest BCUT2D eigenvalue weighted by molar-refractivity contribution is 6.04. The Morgan fingerprint density at radius 1 is 1.04 bits per heavy atom. The fourth-order valence-electron chi connectivity index (χ4n) is 3.12. The summed E-state index contributed by atoms with van der Waals surface area (Å²) in [4.78, 5) is 14.8. The number of carbonyl (C=O) groups is 1. The van der Waals surface area contributed by atoms with E-state index in [9.17, 15) is 4.79 Å². The van der Waals surface area contributed by atoms with Crippen molar-refractivity contribution in [3.63, 3.8) is 0 Å². The van der Waals surface area contributed by atoms with Gasteiger partial charge in [0.25, 0.3) is 5.91 Å². The van der Waals surface area contributed by atoms with E-state index in [1.807, 2.05) is 65.5 Å². The summed E-state index contributed by atoms with van der Waals surface area (Å²) >= 11 is 0. The van der Waals surface area contributed by atoms with Crippen molar-refractivity contribution in [2.24, 2.45) is 0 Å². The predicted octanol–water partition coefficient (Wildman–Crippen LogP) is 3.02. The lowest BCUT2D eigenvalue weighted by molar-refractivity contribution is 0.102. The van der Waals surface area contributed by atoms with Crippen LogP contribution in [0.4, 0.5) is 11.4 Å². The van der Waals surface area contributed by atoms with Gasteiger partial charge in [0.1, 0.15) is 0 Å². The minimum Gasteiger partial charge on any atom is -0.378 e. The SMILES string of the molecule is O=C(Nc1ccc(N2CCOCC2)cc1)c1ccc(Cn2cccn2)cc1. The molecule has 6 nitrogen and oxygen atoms in total. The van der Waals surface area contributed by atoms with Gasteiger partial charge in [-0.05, 0) is 48.0 Å². The maximum absolute atomic E-state index is 12.5. The van der Waals surface area contributed by atoms with Crippen LogP contribution in [0.5, 0.6) is 0 Å². The van der Waals surface area contributed by atoms with Crippen LogP contribution in [0, 0.1) is 0 Å². The monoisotopic (exact) mass is 362 g/mol. The van der Waals surface area contributed by atoms with Crippen molar-refractivity contribution in [3.05, 3.63) is 78.1 Å². The standard InChI is InChI=1S/C21H22N4O2/c26-21(18-4-2-17(3-5-18)16-25-11-1-10-22-25)23-19-6-8-20(9-7-19)24-12-14-27-15-13-24/h1-11H,12-16H2,(H,23,26). The molecular formula is C21H22N4O2. The molecule has 3 aromatic rings. The van der Waals surface area contributed by atoms with Crippen LogP contribution in [0.3, 0.4) is 0 Å². The van der Waals surface area contributed by atoms with E-state index in [-0.39, 0.29) is 5.91 Å². The molecule has 27 heavy (non-hydrogen) atoms. The molecule has 0 spiro atoms. The molecule has 1 N–H and O–H groups in total. The number of amides is 1. The molecular weight excluding hydrogens is 340 g/mol. The number of hydrogen-bond acceptors (Lipinski definition) is 4. The van der Waals surface area contributed by atoms with E-state index in [0.717, 1.165) is 43.2 Å². The van der Waals surface area contributed by atoms with Crippen LogP contribution < -0.4 is 10.2 Å². The smallest absolute Gasteiger partial charge is 0.255 e. The summed E-state index contributed by atoms with van der Waals surface area (Å²) in [6.45, 7) is 4.01. The Morgan fingerprint density at radius 2 is 1.78 bits per heavy atom. The number of rotatable bonds is 5. The van der Waals surface area contributed by atoms with Gasteiger partial charge < -0.3 is 15.0 Å². The second-order valence-corrected chi connectivity index (χ2v) is 6.50. The number of hydrogen-bond donors (Lipinski definition) is 1. The lowest BCUT2D eigenvalue weighted by atomic mass is 10.1. The van der Waals surface area contributed by atoms with Crippen molar-refractivity contribution in [1.29, 1.82) is 0 Å². The summed E-state index contributed by atoms with van der Waals surface area (Å²) < 4.78 is 7.23. The van der Waals surface area contributed by atoms with Crippen LogP contribution in [0.1, 0.15) is 15.9 Å². The Morgan fingerprint density at radius 3 is 2.44 bits per heavy atom. The maximum Gasteiger partial charge on any atom is 0.255 e. The molecule has 2 heterocycles. The van der Waals surface area contributed by atoms with Crippen molar-refractivity contribution in [3.8, 4) is 0 Å². The van der Waals surface area contributed by atoms with Gasteiger partial charge in [0.15, 0.2) is 0 Å². The molecule has 4 rings (SSSR count). The van der Waals surface area contributed by atoms with Gasteiger partial charge >= 0.3 is 0 Å². The van der Waals surface area contributed by atoms with E-state index in [1.165, 1.54) is 0 Å². The Labute approximate surface area is 158 Å². The number of morpholine rings is 1. The zero-order valence-electron chi connectivity index (χ0n) is 15.0.